The highest BCUT2D eigenvalue weighted by molar-refractivity contribution is 5.41. The van der Waals surface area contributed by atoms with Gasteiger partial charge in [-0.3, -0.25) is 4.90 Å². The standard InChI is InChI=1S/C15H23NO3/c1-11-8-16(10-15(2,3)19-11)9-12-5-6-13(17)14(7-12)18-4/h5-7,11,17H,8-10H2,1-4H3. The average Bonchev–Trinajstić information content (AvgIpc) is 2.29. The fraction of sp³-hybridized carbons (Fsp3) is 0.600. The van der Waals surface area contributed by atoms with Crippen LogP contribution < -0.4 is 4.74 Å². The molecule has 0 bridgehead atoms. The second-order valence-corrected chi connectivity index (χ2v) is 5.86. The van der Waals surface area contributed by atoms with Crippen LogP contribution in [-0.2, 0) is 11.3 Å². The second-order valence-electron chi connectivity index (χ2n) is 5.86. The van der Waals surface area contributed by atoms with E-state index in [0.717, 1.165) is 25.2 Å². The zero-order chi connectivity index (χ0) is 14.0. The monoisotopic (exact) mass is 265 g/mol. The molecule has 0 amide bonds. The van der Waals surface area contributed by atoms with Crippen molar-refractivity contribution in [1.29, 1.82) is 0 Å². The Morgan fingerprint density at radius 1 is 1.47 bits per heavy atom. The molecule has 0 radical (unpaired) electrons. The molecule has 0 saturated carbocycles. The summed E-state index contributed by atoms with van der Waals surface area (Å²) in [5.74, 6) is 0.708. The van der Waals surface area contributed by atoms with E-state index in [-0.39, 0.29) is 17.5 Å². The minimum Gasteiger partial charge on any atom is -0.504 e. The van der Waals surface area contributed by atoms with Crippen LogP contribution in [0.2, 0.25) is 0 Å². The lowest BCUT2D eigenvalue weighted by molar-refractivity contribution is -0.130. The summed E-state index contributed by atoms with van der Waals surface area (Å²) in [5, 5.41) is 9.61. The number of aromatic hydroxyl groups is 1. The van der Waals surface area contributed by atoms with Crippen LogP contribution in [0.3, 0.4) is 0 Å². The highest BCUT2D eigenvalue weighted by Gasteiger charge is 2.31. The zero-order valence-corrected chi connectivity index (χ0v) is 12.1. The van der Waals surface area contributed by atoms with E-state index in [1.165, 1.54) is 0 Å². The van der Waals surface area contributed by atoms with Gasteiger partial charge in [0.15, 0.2) is 11.5 Å². The van der Waals surface area contributed by atoms with Crippen LogP contribution >= 0.6 is 0 Å². The molecular formula is C15H23NO3. The second kappa shape index (κ2) is 5.39. The number of ether oxygens (including phenoxy) is 2. The summed E-state index contributed by atoms with van der Waals surface area (Å²) < 4.78 is 11.0. The fourth-order valence-electron chi connectivity index (χ4n) is 2.78. The summed E-state index contributed by atoms with van der Waals surface area (Å²) in [6.45, 7) is 9.01. The number of benzene rings is 1. The number of phenolic OH excluding ortho intramolecular Hbond substituents is 1. The van der Waals surface area contributed by atoms with Gasteiger partial charge in [-0.25, -0.2) is 0 Å². The molecule has 1 unspecified atom stereocenters. The van der Waals surface area contributed by atoms with E-state index in [0.29, 0.717) is 5.75 Å². The number of methoxy groups -OCH3 is 1. The molecule has 1 fully saturated rings. The van der Waals surface area contributed by atoms with Crippen molar-refractivity contribution in [3.05, 3.63) is 23.8 Å². The number of hydrogen-bond acceptors (Lipinski definition) is 4. The van der Waals surface area contributed by atoms with Crippen LogP contribution in [0.15, 0.2) is 18.2 Å². The number of morpholine rings is 1. The Kier molecular flexibility index (Phi) is 4.02. The van der Waals surface area contributed by atoms with Gasteiger partial charge in [-0.05, 0) is 38.5 Å². The molecule has 1 aliphatic heterocycles. The van der Waals surface area contributed by atoms with E-state index >= 15 is 0 Å². The van der Waals surface area contributed by atoms with Crippen LogP contribution in [0.4, 0.5) is 0 Å². The van der Waals surface area contributed by atoms with E-state index in [1.54, 1.807) is 13.2 Å². The summed E-state index contributed by atoms with van der Waals surface area (Å²) in [6, 6.07) is 5.51. The topological polar surface area (TPSA) is 41.9 Å². The molecule has 4 nitrogen and oxygen atoms in total. The quantitative estimate of drug-likeness (QED) is 0.911. The predicted molar refractivity (Wildman–Crippen MR) is 74.6 cm³/mol. The number of hydrogen-bond donors (Lipinski definition) is 1. The lowest BCUT2D eigenvalue weighted by atomic mass is 10.0. The SMILES string of the molecule is COc1cc(CN2CC(C)OC(C)(C)C2)ccc1O. The van der Waals surface area contributed by atoms with Gasteiger partial charge >= 0.3 is 0 Å². The van der Waals surface area contributed by atoms with Crippen molar-refractivity contribution in [2.45, 2.75) is 39.0 Å². The Balaban J connectivity index is 2.08. The van der Waals surface area contributed by atoms with Crippen molar-refractivity contribution < 1.29 is 14.6 Å². The molecule has 0 aliphatic carbocycles. The molecule has 1 aromatic rings. The van der Waals surface area contributed by atoms with Gasteiger partial charge in [0.05, 0.1) is 18.8 Å². The molecule has 4 heteroatoms. The van der Waals surface area contributed by atoms with Gasteiger partial charge in [0.2, 0.25) is 0 Å². The van der Waals surface area contributed by atoms with Crippen molar-refractivity contribution in [3.63, 3.8) is 0 Å². The van der Waals surface area contributed by atoms with Gasteiger partial charge in [-0.2, -0.15) is 0 Å². The summed E-state index contributed by atoms with van der Waals surface area (Å²) in [6.07, 6.45) is 0.239. The first-order valence-corrected chi connectivity index (χ1v) is 6.66. The molecule has 2 rings (SSSR count). The maximum absolute atomic E-state index is 9.61. The Bertz CT molecular complexity index is 445. The summed E-state index contributed by atoms with van der Waals surface area (Å²) in [7, 11) is 1.57. The maximum atomic E-state index is 9.61. The molecule has 1 saturated heterocycles. The van der Waals surface area contributed by atoms with Gasteiger partial charge in [-0.15, -0.1) is 0 Å². The predicted octanol–water partition coefficient (Wildman–Crippen LogP) is 2.40. The molecule has 19 heavy (non-hydrogen) atoms. The van der Waals surface area contributed by atoms with Gasteiger partial charge in [0, 0.05) is 19.6 Å². The first-order valence-electron chi connectivity index (χ1n) is 6.66. The first-order chi connectivity index (χ1) is 8.89. The fourth-order valence-corrected chi connectivity index (χ4v) is 2.78. The summed E-state index contributed by atoms with van der Waals surface area (Å²) in [5.41, 5.74) is 1.03. The van der Waals surface area contributed by atoms with E-state index in [4.69, 9.17) is 9.47 Å². The smallest absolute Gasteiger partial charge is 0.160 e. The van der Waals surface area contributed by atoms with Crippen LogP contribution in [0, 0.1) is 0 Å². The number of nitrogens with zero attached hydrogens (tertiary/aromatic N) is 1. The molecule has 1 heterocycles. The lowest BCUT2D eigenvalue weighted by Gasteiger charge is -2.41. The molecule has 0 spiro atoms. The highest BCUT2D eigenvalue weighted by Crippen LogP contribution is 2.28. The Morgan fingerprint density at radius 3 is 2.84 bits per heavy atom. The zero-order valence-electron chi connectivity index (χ0n) is 12.1. The summed E-state index contributed by atoms with van der Waals surface area (Å²) in [4.78, 5) is 2.37. The average molecular weight is 265 g/mol. The van der Waals surface area contributed by atoms with Crippen LogP contribution in [0.25, 0.3) is 0 Å². The van der Waals surface area contributed by atoms with Gasteiger partial charge < -0.3 is 14.6 Å². The third kappa shape index (κ3) is 3.61. The number of phenols is 1. The van der Waals surface area contributed by atoms with Crippen molar-refractivity contribution in [2.24, 2.45) is 0 Å². The minimum absolute atomic E-state index is 0.112. The molecule has 0 aromatic heterocycles. The number of rotatable bonds is 3. The van der Waals surface area contributed by atoms with Crippen molar-refractivity contribution in [1.82, 2.24) is 4.90 Å². The largest absolute Gasteiger partial charge is 0.504 e. The molecule has 106 valence electrons. The van der Waals surface area contributed by atoms with Gasteiger partial charge in [-0.1, -0.05) is 6.07 Å². The molecule has 1 atom stereocenters. The third-order valence-electron chi connectivity index (χ3n) is 3.29. The molecule has 1 N–H and O–H groups in total. The Labute approximate surface area is 114 Å². The third-order valence-corrected chi connectivity index (χ3v) is 3.29. The van der Waals surface area contributed by atoms with Gasteiger partial charge in [0.1, 0.15) is 0 Å². The van der Waals surface area contributed by atoms with E-state index < -0.39 is 0 Å². The first kappa shape index (κ1) is 14.2. The van der Waals surface area contributed by atoms with Crippen LogP contribution in [0.5, 0.6) is 11.5 Å². The molecule has 1 aliphatic rings. The van der Waals surface area contributed by atoms with Crippen molar-refractivity contribution in [3.8, 4) is 11.5 Å². The minimum atomic E-state index is -0.112. The van der Waals surface area contributed by atoms with Crippen LogP contribution in [0.1, 0.15) is 26.3 Å². The molecule has 1 aromatic carbocycles. The normalized spacial score (nSPS) is 23.3. The Hall–Kier alpha value is -1.26. The van der Waals surface area contributed by atoms with E-state index in [1.807, 2.05) is 12.1 Å². The summed E-state index contributed by atoms with van der Waals surface area (Å²) >= 11 is 0. The van der Waals surface area contributed by atoms with Crippen LogP contribution in [-0.4, -0.2) is 41.9 Å². The van der Waals surface area contributed by atoms with E-state index in [2.05, 4.69) is 25.7 Å². The molecular weight excluding hydrogens is 242 g/mol. The van der Waals surface area contributed by atoms with Gasteiger partial charge in [0.25, 0.3) is 0 Å². The van der Waals surface area contributed by atoms with E-state index in [9.17, 15) is 5.11 Å². The maximum Gasteiger partial charge on any atom is 0.160 e. The van der Waals surface area contributed by atoms with Crippen molar-refractivity contribution >= 4 is 0 Å². The van der Waals surface area contributed by atoms with Crippen molar-refractivity contribution in [2.75, 3.05) is 20.2 Å². The lowest BCUT2D eigenvalue weighted by Crippen LogP contribution is -2.51. The highest BCUT2D eigenvalue weighted by atomic mass is 16.5. The Morgan fingerprint density at radius 2 is 2.21 bits per heavy atom.